The van der Waals surface area contributed by atoms with Crippen molar-refractivity contribution >= 4 is 5.91 Å². The number of rotatable bonds is 1. The molecule has 0 aromatic rings. The molecule has 1 unspecified atom stereocenters. The number of nitrogens with one attached hydrogen (secondary N) is 1. The number of hydrogen-bond acceptors (Lipinski definition) is 3. The minimum atomic E-state index is -0.400. The Morgan fingerprint density at radius 3 is 2.67 bits per heavy atom. The van der Waals surface area contributed by atoms with Crippen LogP contribution in [0.15, 0.2) is 0 Å². The summed E-state index contributed by atoms with van der Waals surface area (Å²) in [7, 11) is 0. The zero-order valence-electron chi connectivity index (χ0n) is 5.00. The van der Waals surface area contributed by atoms with Crippen molar-refractivity contribution in [3.05, 3.63) is 0 Å². The molecule has 1 aliphatic heterocycles. The van der Waals surface area contributed by atoms with E-state index in [1.54, 1.807) is 0 Å². The summed E-state index contributed by atoms with van der Waals surface area (Å²) in [5.74, 6) is -0.383. The Hall–Kier alpha value is -0.610. The number of hydrogen-bond donors (Lipinski definition) is 3. The first kappa shape index (κ1) is 6.51. The normalized spacial score (nSPS) is 34.8. The van der Waals surface area contributed by atoms with Gasteiger partial charge in [-0.1, -0.05) is 0 Å². The van der Waals surface area contributed by atoms with Gasteiger partial charge >= 0.3 is 0 Å². The van der Waals surface area contributed by atoms with Crippen molar-refractivity contribution in [2.24, 2.45) is 5.73 Å². The molecule has 0 bridgehead atoms. The third-order valence-corrected chi connectivity index (χ3v) is 1.45. The summed E-state index contributed by atoms with van der Waals surface area (Å²) in [6.45, 7) is 0.480. The molecule has 1 fully saturated rings. The highest BCUT2D eigenvalue weighted by Crippen LogP contribution is 2.04. The summed E-state index contributed by atoms with van der Waals surface area (Å²) in [6.07, 6.45) is 0.0532. The van der Waals surface area contributed by atoms with E-state index in [1.165, 1.54) is 0 Å². The molecular formula is C5H10N2O2. The van der Waals surface area contributed by atoms with Crippen LogP contribution in [0.4, 0.5) is 0 Å². The third kappa shape index (κ3) is 1.40. The van der Waals surface area contributed by atoms with Gasteiger partial charge in [0.05, 0.1) is 12.1 Å². The molecule has 0 aliphatic carbocycles. The molecule has 0 spiro atoms. The van der Waals surface area contributed by atoms with Crippen LogP contribution in [-0.4, -0.2) is 29.7 Å². The van der Waals surface area contributed by atoms with Crippen molar-refractivity contribution in [1.29, 1.82) is 0 Å². The lowest BCUT2D eigenvalue weighted by Gasteiger charge is -2.01. The van der Waals surface area contributed by atoms with Gasteiger partial charge < -0.3 is 16.2 Å². The van der Waals surface area contributed by atoms with Crippen LogP contribution in [0.3, 0.4) is 0 Å². The SMILES string of the molecule is NC(=O)[C@H]1CC(O)CN1. The summed E-state index contributed by atoms with van der Waals surface area (Å²) in [6, 6.07) is -0.319. The average molecular weight is 130 g/mol. The molecule has 0 saturated carbocycles. The van der Waals surface area contributed by atoms with E-state index in [4.69, 9.17) is 10.8 Å². The van der Waals surface area contributed by atoms with Crippen LogP contribution in [0.25, 0.3) is 0 Å². The van der Waals surface area contributed by atoms with E-state index in [2.05, 4.69) is 5.32 Å². The van der Waals surface area contributed by atoms with Gasteiger partial charge in [0, 0.05) is 6.54 Å². The van der Waals surface area contributed by atoms with Gasteiger partial charge in [-0.3, -0.25) is 4.79 Å². The van der Waals surface area contributed by atoms with Crippen LogP contribution < -0.4 is 11.1 Å². The van der Waals surface area contributed by atoms with Crippen molar-refractivity contribution in [1.82, 2.24) is 5.32 Å². The second-order valence-electron chi connectivity index (χ2n) is 2.25. The highest BCUT2D eigenvalue weighted by molar-refractivity contribution is 5.80. The largest absolute Gasteiger partial charge is 0.392 e. The highest BCUT2D eigenvalue weighted by Gasteiger charge is 2.25. The average Bonchev–Trinajstić information content (AvgIpc) is 2.14. The zero-order valence-corrected chi connectivity index (χ0v) is 5.00. The number of amides is 1. The maximum atomic E-state index is 10.4. The lowest BCUT2D eigenvalue weighted by atomic mass is 10.2. The van der Waals surface area contributed by atoms with E-state index in [0.717, 1.165) is 0 Å². The fraction of sp³-hybridized carbons (Fsp3) is 0.800. The van der Waals surface area contributed by atoms with Gasteiger partial charge in [0.1, 0.15) is 0 Å². The minimum Gasteiger partial charge on any atom is -0.392 e. The van der Waals surface area contributed by atoms with E-state index in [-0.39, 0.29) is 11.9 Å². The van der Waals surface area contributed by atoms with Gasteiger partial charge in [-0.25, -0.2) is 0 Å². The molecule has 4 nitrogen and oxygen atoms in total. The number of aliphatic hydroxyl groups is 1. The monoisotopic (exact) mass is 130 g/mol. The molecule has 9 heavy (non-hydrogen) atoms. The van der Waals surface area contributed by atoms with Crippen LogP contribution in [-0.2, 0) is 4.79 Å². The van der Waals surface area contributed by atoms with Crippen molar-refractivity contribution < 1.29 is 9.90 Å². The second-order valence-corrected chi connectivity index (χ2v) is 2.25. The minimum absolute atomic E-state index is 0.319. The van der Waals surface area contributed by atoms with Crippen LogP contribution >= 0.6 is 0 Å². The first-order valence-electron chi connectivity index (χ1n) is 2.91. The van der Waals surface area contributed by atoms with E-state index >= 15 is 0 Å². The number of nitrogens with two attached hydrogens (primary N) is 1. The number of β-amino-alcohol motifs (C(OH)–C–C–N with tert-alkyl or cyclic N) is 1. The van der Waals surface area contributed by atoms with Gasteiger partial charge in [0.15, 0.2) is 0 Å². The Kier molecular flexibility index (Phi) is 1.68. The summed E-state index contributed by atoms with van der Waals surface area (Å²) in [4.78, 5) is 10.4. The molecule has 1 rings (SSSR count). The van der Waals surface area contributed by atoms with Gasteiger partial charge in [-0.05, 0) is 6.42 Å². The molecule has 1 aliphatic rings. The summed E-state index contributed by atoms with van der Waals surface area (Å²) >= 11 is 0. The number of primary amides is 1. The number of carbonyl (C=O) groups excluding carboxylic acids is 1. The number of aliphatic hydroxyl groups excluding tert-OH is 1. The van der Waals surface area contributed by atoms with Crippen LogP contribution in [0.1, 0.15) is 6.42 Å². The fourth-order valence-corrected chi connectivity index (χ4v) is 0.934. The molecule has 4 N–H and O–H groups in total. The highest BCUT2D eigenvalue weighted by atomic mass is 16.3. The van der Waals surface area contributed by atoms with E-state index in [1.807, 2.05) is 0 Å². The molecule has 1 amide bonds. The molecule has 1 saturated heterocycles. The maximum absolute atomic E-state index is 10.4. The van der Waals surface area contributed by atoms with Crippen LogP contribution in [0.5, 0.6) is 0 Å². The van der Waals surface area contributed by atoms with E-state index < -0.39 is 6.10 Å². The predicted molar refractivity (Wildman–Crippen MR) is 31.6 cm³/mol. The molecule has 1 heterocycles. The lowest BCUT2D eigenvalue weighted by molar-refractivity contribution is -0.119. The first-order valence-corrected chi connectivity index (χ1v) is 2.91. The van der Waals surface area contributed by atoms with Crippen molar-refractivity contribution in [2.45, 2.75) is 18.6 Å². The van der Waals surface area contributed by atoms with Crippen molar-refractivity contribution in [2.75, 3.05) is 6.54 Å². The van der Waals surface area contributed by atoms with Crippen LogP contribution in [0, 0.1) is 0 Å². The first-order chi connectivity index (χ1) is 4.20. The standard InChI is InChI=1S/C5H10N2O2/c6-5(9)4-1-3(8)2-7-4/h3-4,7-8H,1-2H2,(H2,6,9)/t3?,4-/m1/s1. The fourth-order valence-electron chi connectivity index (χ4n) is 0.934. The van der Waals surface area contributed by atoms with Gasteiger partial charge in [0.25, 0.3) is 0 Å². The second kappa shape index (κ2) is 2.33. The summed E-state index contributed by atoms with van der Waals surface area (Å²) < 4.78 is 0. The Morgan fingerprint density at radius 1 is 1.78 bits per heavy atom. The van der Waals surface area contributed by atoms with E-state index in [9.17, 15) is 4.79 Å². The zero-order chi connectivity index (χ0) is 6.85. The quantitative estimate of drug-likeness (QED) is 0.392. The van der Waals surface area contributed by atoms with Gasteiger partial charge in [-0.15, -0.1) is 0 Å². The van der Waals surface area contributed by atoms with Crippen molar-refractivity contribution in [3.63, 3.8) is 0 Å². The summed E-state index contributed by atoms with van der Waals surface area (Å²) in [5, 5.41) is 11.7. The lowest BCUT2D eigenvalue weighted by Crippen LogP contribution is -2.36. The van der Waals surface area contributed by atoms with Gasteiger partial charge in [-0.2, -0.15) is 0 Å². The maximum Gasteiger partial charge on any atom is 0.234 e. The predicted octanol–water partition coefficient (Wildman–Crippen LogP) is -1.81. The van der Waals surface area contributed by atoms with Crippen LogP contribution in [0.2, 0.25) is 0 Å². The smallest absolute Gasteiger partial charge is 0.234 e. The molecule has 0 aromatic carbocycles. The molecule has 0 radical (unpaired) electrons. The topological polar surface area (TPSA) is 75.4 Å². The van der Waals surface area contributed by atoms with E-state index in [0.29, 0.717) is 13.0 Å². The third-order valence-electron chi connectivity index (χ3n) is 1.45. The van der Waals surface area contributed by atoms with Gasteiger partial charge in [0.2, 0.25) is 5.91 Å². The Labute approximate surface area is 53.0 Å². The number of carbonyl (C=O) groups is 1. The molecule has 4 heteroatoms. The molecule has 2 atom stereocenters. The molecule has 0 aromatic heterocycles. The molecule has 52 valence electrons. The van der Waals surface area contributed by atoms with Crippen molar-refractivity contribution in [3.8, 4) is 0 Å². The Bertz CT molecular complexity index is 126. The Balaban J connectivity index is 2.39. The Morgan fingerprint density at radius 2 is 2.44 bits per heavy atom. The molecular weight excluding hydrogens is 120 g/mol. The summed E-state index contributed by atoms with van der Waals surface area (Å²) in [5.41, 5.74) is 4.95.